The van der Waals surface area contributed by atoms with Crippen molar-refractivity contribution in [2.75, 3.05) is 37.6 Å². The molecule has 1 saturated heterocycles. The first-order chi connectivity index (χ1) is 17.2. The Morgan fingerprint density at radius 3 is 2.64 bits per heavy atom. The molecule has 2 aliphatic heterocycles. The summed E-state index contributed by atoms with van der Waals surface area (Å²) in [6, 6.07) is 11.1. The molecule has 4 heterocycles. The zero-order chi connectivity index (χ0) is 25.4. The zero-order valence-corrected chi connectivity index (χ0v) is 21.1. The minimum atomic E-state index is -4.40. The van der Waals surface area contributed by atoms with E-state index in [1.54, 1.807) is 11.3 Å². The standard InChI is InChI=1S/C27H29F3N4OS/c1-18-16-34(24-7-6-22(14-31-24)27(28,29)30)19(2)15-33(18)17-25(35)32-11-8-20(9-12-32)23-5-3-4-21-10-13-36-26(21)23/h3-8,10,13-14,18-19H,9,11-12,15-17H2,1-2H3/t18-,19+/m1/s1. The Bertz CT molecular complexity index is 1270. The number of benzene rings is 1. The zero-order valence-electron chi connectivity index (χ0n) is 20.3. The third-order valence-electron chi connectivity index (χ3n) is 7.21. The van der Waals surface area contributed by atoms with E-state index in [9.17, 15) is 18.0 Å². The van der Waals surface area contributed by atoms with Crippen LogP contribution in [0.4, 0.5) is 19.0 Å². The maximum Gasteiger partial charge on any atom is 0.417 e. The van der Waals surface area contributed by atoms with Gasteiger partial charge in [-0.3, -0.25) is 9.69 Å². The van der Waals surface area contributed by atoms with Gasteiger partial charge in [0.25, 0.3) is 0 Å². The third-order valence-corrected chi connectivity index (χ3v) is 8.17. The van der Waals surface area contributed by atoms with Gasteiger partial charge in [0.2, 0.25) is 5.91 Å². The Kier molecular flexibility index (Phi) is 6.78. The van der Waals surface area contributed by atoms with Crippen LogP contribution in [0.25, 0.3) is 15.7 Å². The first-order valence-corrected chi connectivity index (χ1v) is 13.1. The number of nitrogens with zero attached hydrogens (tertiary/aromatic N) is 4. The van der Waals surface area contributed by atoms with Crippen LogP contribution in [-0.4, -0.2) is 65.5 Å². The summed E-state index contributed by atoms with van der Waals surface area (Å²) >= 11 is 1.75. The lowest BCUT2D eigenvalue weighted by Gasteiger charge is -2.45. The van der Waals surface area contributed by atoms with Crippen LogP contribution in [0.5, 0.6) is 0 Å². The number of carbonyl (C=O) groups is 1. The lowest BCUT2D eigenvalue weighted by Crippen LogP contribution is -2.58. The van der Waals surface area contributed by atoms with E-state index in [4.69, 9.17) is 0 Å². The molecule has 0 bridgehead atoms. The number of carbonyl (C=O) groups excluding carboxylic acids is 1. The smallest absolute Gasteiger partial charge is 0.351 e. The number of hydrogen-bond donors (Lipinski definition) is 0. The molecule has 1 fully saturated rings. The van der Waals surface area contributed by atoms with E-state index in [1.165, 1.54) is 27.3 Å². The molecule has 0 radical (unpaired) electrons. The number of aromatic nitrogens is 1. The molecule has 9 heteroatoms. The SMILES string of the molecule is C[C@@H]1CN(c2ccc(C(F)(F)F)cn2)[C@@H](C)CN1CC(=O)N1CC=C(c2cccc3ccsc23)CC1. The largest absolute Gasteiger partial charge is 0.417 e. The normalized spacial score (nSPS) is 21.6. The van der Waals surface area contributed by atoms with Crippen molar-refractivity contribution in [1.29, 1.82) is 0 Å². The van der Waals surface area contributed by atoms with Gasteiger partial charge in [0.05, 0.1) is 12.1 Å². The van der Waals surface area contributed by atoms with Crippen LogP contribution in [0.3, 0.4) is 0 Å². The van der Waals surface area contributed by atoms with Gasteiger partial charge in [0.15, 0.2) is 0 Å². The number of halogens is 3. The van der Waals surface area contributed by atoms with Gasteiger partial charge in [-0.15, -0.1) is 11.3 Å². The quantitative estimate of drug-likeness (QED) is 0.459. The first-order valence-electron chi connectivity index (χ1n) is 12.2. The van der Waals surface area contributed by atoms with Crippen molar-refractivity contribution in [2.24, 2.45) is 0 Å². The number of piperazine rings is 1. The van der Waals surface area contributed by atoms with E-state index in [-0.39, 0.29) is 18.0 Å². The first kappa shape index (κ1) is 24.8. The molecule has 3 aromatic rings. The van der Waals surface area contributed by atoms with Gasteiger partial charge in [0.1, 0.15) is 5.82 Å². The van der Waals surface area contributed by atoms with Crippen LogP contribution in [0, 0.1) is 0 Å². The Morgan fingerprint density at radius 2 is 1.94 bits per heavy atom. The van der Waals surface area contributed by atoms with Crippen molar-refractivity contribution in [3.05, 3.63) is 65.2 Å². The maximum atomic E-state index is 13.1. The van der Waals surface area contributed by atoms with Gasteiger partial charge in [0, 0.05) is 49.2 Å². The van der Waals surface area contributed by atoms with Crippen molar-refractivity contribution >= 4 is 38.7 Å². The molecule has 5 rings (SSSR count). The van der Waals surface area contributed by atoms with E-state index in [0.29, 0.717) is 38.5 Å². The second kappa shape index (κ2) is 9.86. The van der Waals surface area contributed by atoms with Crippen LogP contribution in [-0.2, 0) is 11.0 Å². The molecule has 1 amide bonds. The summed E-state index contributed by atoms with van der Waals surface area (Å²) in [4.78, 5) is 23.3. The van der Waals surface area contributed by atoms with Crippen molar-refractivity contribution in [2.45, 2.75) is 38.5 Å². The third kappa shape index (κ3) is 4.99. The highest BCUT2D eigenvalue weighted by Crippen LogP contribution is 2.33. The number of pyridine rings is 1. The van der Waals surface area contributed by atoms with E-state index in [0.717, 1.165) is 18.7 Å². The number of amides is 1. The Labute approximate surface area is 212 Å². The van der Waals surface area contributed by atoms with Crippen molar-refractivity contribution in [1.82, 2.24) is 14.8 Å². The molecule has 5 nitrogen and oxygen atoms in total. The molecular formula is C27H29F3N4OS. The Hall–Kier alpha value is -2.91. The number of anilines is 1. The van der Waals surface area contributed by atoms with Gasteiger partial charge in [-0.25, -0.2) is 4.98 Å². The van der Waals surface area contributed by atoms with Crippen LogP contribution in [0.15, 0.2) is 54.1 Å². The lowest BCUT2D eigenvalue weighted by molar-refractivity contribution is -0.137. The summed E-state index contributed by atoms with van der Waals surface area (Å²) in [5, 5.41) is 3.37. The molecule has 2 aliphatic rings. The van der Waals surface area contributed by atoms with Crippen LogP contribution in [0.1, 0.15) is 31.4 Å². The number of fused-ring (bicyclic) bond motifs is 1. The summed E-state index contributed by atoms with van der Waals surface area (Å²) in [6.45, 7) is 6.95. The summed E-state index contributed by atoms with van der Waals surface area (Å²) in [5.41, 5.74) is 1.82. The molecule has 0 saturated carbocycles. The molecule has 1 aromatic carbocycles. The number of thiophene rings is 1. The monoisotopic (exact) mass is 514 g/mol. The van der Waals surface area contributed by atoms with Crippen LogP contribution in [0.2, 0.25) is 0 Å². The molecule has 190 valence electrons. The van der Waals surface area contributed by atoms with E-state index >= 15 is 0 Å². The molecule has 0 unspecified atom stereocenters. The fourth-order valence-corrected chi connectivity index (χ4v) is 6.07. The molecule has 2 aromatic heterocycles. The van der Waals surface area contributed by atoms with E-state index in [2.05, 4.69) is 45.6 Å². The number of alkyl halides is 3. The number of hydrogen-bond acceptors (Lipinski definition) is 5. The Balaban J connectivity index is 1.19. The highest BCUT2D eigenvalue weighted by molar-refractivity contribution is 7.17. The minimum absolute atomic E-state index is 0.0253. The molecular weight excluding hydrogens is 485 g/mol. The molecule has 36 heavy (non-hydrogen) atoms. The molecule has 0 N–H and O–H groups in total. The maximum absolute atomic E-state index is 13.1. The molecule has 0 aliphatic carbocycles. The number of rotatable bonds is 4. The predicted molar refractivity (Wildman–Crippen MR) is 138 cm³/mol. The van der Waals surface area contributed by atoms with Gasteiger partial charge in [-0.1, -0.05) is 24.3 Å². The second-order valence-corrected chi connectivity index (χ2v) is 10.6. The predicted octanol–water partition coefficient (Wildman–Crippen LogP) is 5.53. The van der Waals surface area contributed by atoms with Gasteiger partial charge in [-0.2, -0.15) is 13.2 Å². The van der Waals surface area contributed by atoms with Crippen molar-refractivity contribution in [3.63, 3.8) is 0 Å². The summed E-state index contributed by atoms with van der Waals surface area (Å²) in [6.07, 6.45) is -0.497. The Morgan fingerprint density at radius 1 is 1.11 bits per heavy atom. The summed E-state index contributed by atoms with van der Waals surface area (Å²) in [7, 11) is 0. The van der Waals surface area contributed by atoms with Gasteiger partial charge >= 0.3 is 6.18 Å². The van der Waals surface area contributed by atoms with Gasteiger partial charge < -0.3 is 9.80 Å². The second-order valence-electron chi connectivity index (χ2n) is 9.65. The average Bonchev–Trinajstić information content (AvgIpc) is 3.35. The summed E-state index contributed by atoms with van der Waals surface area (Å²) < 4.78 is 39.9. The van der Waals surface area contributed by atoms with Gasteiger partial charge in [-0.05, 0) is 60.4 Å². The fourth-order valence-electron chi connectivity index (χ4n) is 5.12. The van der Waals surface area contributed by atoms with Crippen LogP contribution < -0.4 is 4.90 Å². The highest BCUT2D eigenvalue weighted by atomic mass is 32.1. The topological polar surface area (TPSA) is 39.7 Å². The molecule has 0 spiro atoms. The lowest BCUT2D eigenvalue weighted by atomic mass is 9.98. The minimum Gasteiger partial charge on any atom is -0.351 e. The van der Waals surface area contributed by atoms with E-state index < -0.39 is 11.7 Å². The van der Waals surface area contributed by atoms with Crippen molar-refractivity contribution < 1.29 is 18.0 Å². The highest BCUT2D eigenvalue weighted by Gasteiger charge is 2.34. The van der Waals surface area contributed by atoms with Crippen molar-refractivity contribution in [3.8, 4) is 0 Å². The van der Waals surface area contributed by atoms with E-state index in [1.807, 2.05) is 23.6 Å². The molecule has 2 atom stereocenters. The van der Waals surface area contributed by atoms with Crippen LogP contribution >= 0.6 is 11.3 Å². The fraction of sp³-hybridized carbons (Fsp3) is 0.407. The summed E-state index contributed by atoms with van der Waals surface area (Å²) in [5.74, 6) is 0.641. The average molecular weight is 515 g/mol.